The fraction of sp³-hybridized carbons (Fsp3) is 0.579. The molecule has 2 N–H and O–H groups in total. The lowest BCUT2D eigenvalue weighted by molar-refractivity contribution is -0.120. The van der Waals surface area contributed by atoms with E-state index in [1.54, 1.807) is 12.1 Å². The highest BCUT2D eigenvalue weighted by atomic mass is 16.5. The Balaban J connectivity index is 1.92. The summed E-state index contributed by atoms with van der Waals surface area (Å²) in [5, 5.41) is 20.3. The topological polar surface area (TPSA) is 93.1 Å². The molecule has 4 atom stereocenters. The zero-order valence-electron chi connectivity index (χ0n) is 14.3. The largest absolute Gasteiger partial charge is 0.507 e. The average molecular weight is 348 g/mol. The maximum Gasteiger partial charge on any atom is 0.342 e. The van der Waals surface area contributed by atoms with Crippen LogP contribution in [0.1, 0.15) is 54.9 Å². The lowest BCUT2D eigenvalue weighted by Gasteiger charge is -2.36. The van der Waals surface area contributed by atoms with Crippen molar-refractivity contribution in [1.82, 2.24) is 0 Å². The number of cyclic esters (lactones) is 1. The molecule has 0 radical (unpaired) electrons. The molecule has 6 nitrogen and oxygen atoms in total. The second kappa shape index (κ2) is 7.54. The predicted octanol–water partition coefficient (Wildman–Crippen LogP) is 2.14. The van der Waals surface area contributed by atoms with E-state index in [4.69, 9.17) is 9.47 Å². The van der Waals surface area contributed by atoms with Crippen LogP contribution in [0, 0.1) is 0 Å². The Morgan fingerprint density at radius 1 is 1.24 bits per heavy atom. The van der Waals surface area contributed by atoms with Crippen molar-refractivity contribution in [2.24, 2.45) is 0 Å². The van der Waals surface area contributed by atoms with Gasteiger partial charge < -0.3 is 24.5 Å². The Hall–Kier alpha value is -1.92. The van der Waals surface area contributed by atoms with Gasteiger partial charge in [-0.25, -0.2) is 4.79 Å². The van der Waals surface area contributed by atoms with Crippen molar-refractivity contribution in [2.45, 2.75) is 69.9 Å². The smallest absolute Gasteiger partial charge is 0.342 e. The number of aliphatic hydroxyl groups is 1. The number of aromatic hydroxyl groups is 1. The number of fused-ring (bicyclic) bond motifs is 3. The normalized spacial score (nSPS) is 29.4. The highest BCUT2D eigenvalue weighted by molar-refractivity contribution is 5.94. The van der Waals surface area contributed by atoms with Crippen LogP contribution in [-0.2, 0) is 20.7 Å². The molecule has 1 aromatic rings. The van der Waals surface area contributed by atoms with Crippen molar-refractivity contribution >= 4 is 11.8 Å². The van der Waals surface area contributed by atoms with Crippen molar-refractivity contribution in [3.8, 4) is 5.75 Å². The second-order valence-corrected chi connectivity index (χ2v) is 7.02. The molecule has 2 bridgehead atoms. The number of benzene rings is 1. The highest BCUT2D eigenvalue weighted by Crippen LogP contribution is 2.32. The number of esters is 1. The Morgan fingerprint density at radius 3 is 2.76 bits per heavy atom. The standard InChI is InChI=1S/C19H24O6/c1-11(20)5-6-14-10-16-9-13(21)8-15(24-16)7-12-3-2-4-17(22)18(12)19(23)25-14/h2-4,13-16,21-22H,5-10H2,1H3. The molecule has 1 aromatic carbocycles. The van der Waals surface area contributed by atoms with E-state index in [2.05, 4.69) is 0 Å². The predicted molar refractivity (Wildman–Crippen MR) is 89.4 cm³/mol. The van der Waals surface area contributed by atoms with Crippen LogP contribution in [0.5, 0.6) is 5.75 Å². The monoisotopic (exact) mass is 348 g/mol. The van der Waals surface area contributed by atoms with Gasteiger partial charge in [0.2, 0.25) is 0 Å². The third-order valence-electron chi connectivity index (χ3n) is 4.85. The van der Waals surface area contributed by atoms with E-state index in [9.17, 15) is 19.8 Å². The summed E-state index contributed by atoms with van der Waals surface area (Å²) in [4.78, 5) is 23.9. The molecule has 3 rings (SSSR count). The minimum atomic E-state index is -0.567. The number of carbonyl (C=O) groups excluding carboxylic acids is 2. The molecule has 4 unspecified atom stereocenters. The van der Waals surface area contributed by atoms with E-state index in [0.29, 0.717) is 44.1 Å². The summed E-state index contributed by atoms with van der Waals surface area (Å²) in [6.45, 7) is 1.50. The molecule has 0 spiro atoms. The van der Waals surface area contributed by atoms with Crippen LogP contribution in [0.3, 0.4) is 0 Å². The van der Waals surface area contributed by atoms with Gasteiger partial charge in [0.05, 0.1) is 18.3 Å². The molecule has 0 saturated carbocycles. The quantitative estimate of drug-likeness (QED) is 0.813. The van der Waals surface area contributed by atoms with Crippen molar-refractivity contribution < 1.29 is 29.3 Å². The number of rotatable bonds is 3. The third-order valence-corrected chi connectivity index (χ3v) is 4.85. The van der Waals surface area contributed by atoms with E-state index in [1.165, 1.54) is 13.0 Å². The average Bonchev–Trinajstić information content (AvgIpc) is 2.51. The van der Waals surface area contributed by atoms with Gasteiger partial charge in [-0.1, -0.05) is 12.1 Å². The summed E-state index contributed by atoms with van der Waals surface area (Å²) in [7, 11) is 0. The first-order chi connectivity index (χ1) is 11.9. The van der Waals surface area contributed by atoms with Gasteiger partial charge in [-0.2, -0.15) is 0 Å². The van der Waals surface area contributed by atoms with Gasteiger partial charge in [-0.05, 0) is 44.2 Å². The molecule has 0 aliphatic carbocycles. The number of hydrogen-bond acceptors (Lipinski definition) is 6. The lowest BCUT2D eigenvalue weighted by atomic mass is 9.91. The SMILES string of the molecule is CC(=O)CCC1CC2CC(O)CC(Cc3cccc(O)c3C(=O)O1)O2. The first kappa shape index (κ1) is 17.9. The summed E-state index contributed by atoms with van der Waals surface area (Å²) in [5.74, 6) is -0.665. The number of aliphatic hydroxyl groups excluding tert-OH is 1. The molecule has 1 saturated heterocycles. The number of hydrogen-bond donors (Lipinski definition) is 2. The molecule has 6 heteroatoms. The van der Waals surface area contributed by atoms with E-state index in [-0.39, 0.29) is 29.3 Å². The maximum atomic E-state index is 12.6. The van der Waals surface area contributed by atoms with E-state index < -0.39 is 18.2 Å². The molecule has 0 amide bonds. The number of phenols is 1. The van der Waals surface area contributed by atoms with E-state index in [1.807, 2.05) is 0 Å². The molecule has 2 aliphatic heterocycles. The van der Waals surface area contributed by atoms with Crippen LogP contribution in [0.2, 0.25) is 0 Å². The Labute approximate surface area is 146 Å². The number of ether oxygens (including phenoxy) is 2. The van der Waals surface area contributed by atoms with E-state index >= 15 is 0 Å². The number of carbonyl (C=O) groups is 2. The number of phenolic OH excluding ortho intramolecular Hbond substituents is 1. The van der Waals surface area contributed by atoms with Crippen molar-refractivity contribution in [3.63, 3.8) is 0 Å². The lowest BCUT2D eigenvalue weighted by Crippen LogP contribution is -2.40. The van der Waals surface area contributed by atoms with Gasteiger partial charge in [0.25, 0.3) is 0 Å². The summed E-state index contributed by atoms with van der Waals surface area (Å²) in [5.41, 5.74) is 0.799. The van der Waals surface area contributed by atoms with Crippen molar-refractivity contribution in [1.29, 1.82) is 0 Å². The highest BCUT2D eigenvalue weighted by Gasteiger charge is 2.34. The minimum Gasteiger partial charge on any atom is -0.507 e. The van der Waals surface area contributed by atoms with Crippen molar-refractivity contribution in [2.75, 3.05) is 0 Å². The molecular formula is C19H24O6. The van der Waals surface area contributed by atoms with Gasteiger partial charge in [-0.15, -0.1) is 0 Å². The van der Waals surface area contributed by atoms with Gasteiger partial charge in [-0.3, -0.25) is 0 Å². The summed E-state index contributed by atoms with van der Waals surface area (Å²) >= 11 is 0. The zero-order valence-corrected chi connectivity index (χ0v) is 14.3. The van der Waals surface area contributed by atoms with Crippen LogP contribution < -0.4 is 0 Å². The third kappa shape index (κ3) is 4.38. The molecule has 136 valence electrons. The van der Waals surface area contributed by atoms with Crippen LogP contribution in [-0.4, -0.2) is 46.4 Å². The molecule has 25 heavy (non-hydrogen) atoms. The van der Waals surface area contributed by atoms with Crippen LogP contribution in [0.25, 0.3) is 0 Å². The van der Waals surface area contributed by atoms with Gasteiger partial charge >= 0.3 is 5.97 Å². The first-order valence-electron chi connectivity index (χ1n) is 8.77. The number of Topliss-reactive ketones (excluding diaryl/α,β-unsaturated/α-hetero) is 1. The summed E-state index contributed by atoms with van der Waals surface area (Å²) < 4.78 is 11.7. The first-order valence-corrected chi connectivity index (χ1v) is 8.77. The fourth-order valence-electron chi connectivity index (χ4n) is 3.70. The summed E-state index contributed by atoms with van der Waals surface area (Å²) in [6, 6.07) is 4.90. The second-order valence-electron chi connectivity index (χ2n) is 7.02. The molecule has 1 fully saturated rings. The van der Waals surface area contributed by atoms with Crippen LogP contribution in [0.4, 0.5) is 0 Å². The van der Waals surface area contributed by atoms with Gasteiger partial charge in [0.15, 0.2) is 0 Å². The minimum absolute atomic E-state index is 0.0267. The Morgan fingerprint density at radius 2 is 2.00 bits per heavy atom. The van der Waals surface area contributed by atoms with Crippen LogP contribution in [0.15, 0.2) is 18.2 Å². The van der Waals surface area contributed by atoms with Gasteiger partial charge in [0.1, 0.15) is 23.2 Å². The summed E-state index contributed by atoms with van der Waals surface area (Å²) in [6.07, 6.45) is 1.21. The fourth-order valence-corrected chi connectivity index (χ4v) is 3.70. The molecule has 0 aromatic heterocycles. The van der Waals surface area contributed by atoms with E-state index in [0.717, 1.165) is 0 Å². The number of ketones is 1. The Bertz CT molecular complexity index is 655. The molecular weight excluding hydrogens is 324 g/mol. The van der Waals surface area contributed by atoms with Gasteiger partial charge in [0, 0.05) is 12.8 Å². The molecule has 2 heterocycles. The van der Waals surface area contributed by atoms with Crippen LogP contribution >= 0.6 is 0 Å². The zero-order chi connectivity index (χ0) is 18.0. The van der Waals surface area contributed by atoms with Crippen molar-refractivity contribution in [3.05, 3.63) is 29.3 Å². The Kier molecular flexibility index (Phi) is 5.39. The maximum absolute atomic E-state index is 12.6. The molecule has 2 aliphatic rings.